The first kappa shape index (κ1) is 37.2. The summed E-state index contributed by atoms with van der Waals surface area (Å²) in [5.74, 6) is -0.620. The fourth-order valence-corrected chi connectivity index (χ4v) is 5.20. The SMILES string of the molecule is CCNCC(=O)N(CCc1ccc(S(N)(=O)=O)cc1)CC(=O)N(CN)CC(=O)N(CN)CC(=O)N(CC)Cc1ccc2c(c1)OCO2. The van der Waals surface area contributed by atoms with Crippen LogP contribution >= 0.6 is 0 Å². The largest absolute Gasteiger partial charge is 0.454 e. The molecular weight excluding hydrogens is 632 g/mol. The fraction of sp³-hybridized carbons (Fsp3) is 0.467. The molecule has 47 heavy (non-hydrogen) atoms. The van der Waals surface area contributed by atoms with Crippen LogP contribution in [-0.4, -0.2) is 118 Å². The zero-order valence-corrected chi connectivity index (χ0v) is 27.5. The Kier molecular flexibility index (Phi) is 13.9. The molecule has 7 N–H and O–H groups in total. The molecule has 0 unspecified atom stereocenters. The summed E-state index contributed by atoms with van der Waals surface area (Å²) in [7, 11) is -3.85. The molecule has 4 amide bonds. The summed E-state index contributed by atoms with van der Waals surface area (Å²) in [5.41, 5.74) is 13.2. The minimum atomic E-state index is -3.85. The number of nitrogens with two attached hydrogens (primary N) is 3. The fourth-order valence-electron chi connectivity index (χ4n) is 4.68. The molecule has 3 rings (SSSR count). The van der Waals surface area contributed by atoms with Crippen LogP contribution in [0.2, 0.25) is 0 Å². The van der Waals surface area contributed by atoms with Crippen LogP contribution < -0.4 is 31.4 Å². The molecule has 17 heteroatoms. The first-order valence-electron chi connectivity index (χ1n) is 15.1. The van der Waals surface area contributed by atoms with E-state index in [0.29, 0.717) is 31.0 Å². The van der Waals surface area contributed by atoms with Gasteiger partial charge in [0.15, 0.2) is 11.5 Å². The van der Waals surface area contributed by atoms with Crippen molar-refractivity contribution < 1.29 is 37.1 Å². The number of sulfonamides is 1. The first-order chi connectivity index (χ1) is 22.4. The van der Waals surface area contributed by atoms with Crippen molar-refractivity contribution in [2.75, 3.05) is 65.9 Å². The number of likely N-dealkylation sites (N-methyl/N-ethyl adjacent to an activating group) is 2. The van der Waals surface area contributed by atoms with Gasteiger partial charge in [-0.05, 0) is 55.3 Å². The van der Waals surface area contributed by atoms with Crippen molar-refractivity contribution in [3.8, 4) is 11.5 Å². The molecule has 2 aromatic rings. The van der Waals surface area contributed by atoms with Gasteiger partial charge >= 0.3 is 0 Å². The minimum Gasteiger partial charge on any atom is -0.454 e. The second kappa shape index (κ2) is 17.6. The third kappa shape index (κ3) is 10.9. The zero-order chi connectivity index (χ0) is 34.6. The molecule has 0 atom stereocenters. The van der Waals surface area contributed by atoms with Crippen molar-refractivity contribution >= 4 is 33.7 Å². The van der Waals surface area contributed by atoms with Gasteiger partial charge in [-0.1, -0.05) is 25.1 Å². The van der Waals surface area contributed by atoms with Crippen LogP contribution in [0.3, 0.4) is 0 Å². The third-order valence-electron chi connectivity index (χ3n) is 7.47. The lowest BCUT2D eigenvalue weighted by atomic mass is 10.1. The van der Waals surface area contributed by atoms with Crippen LogP contribution in [0.25, 0.3) is 0 Å². The lowest BCUT2D eigenvalue weighted by molar-refractivity contribution is -0.146. The lowest BCUT2D eigenvalue weighted by Gasteiger charge is -2.29. The number of nitrogens with zero attached hydrogens (tertiary/aromatic N) is 4. The van der Waals surface area contributed by atoms with E-state index in [1.54, 1.807) is 29.2 Å². The number of primary sulfonamides is 1. The molecule has 16 nitrogen and oxygen atoms in total. The highest BCUT2D eigenvalue weighted by molar-refractivity contribution is 7.89. The average Bonchev–Trinajstić information content (AvgIpc) is 3.53. The topological polar surface area (TPSA) is 224 Å². The van der Waals surface area contributed by atoms with E-state index in [-0.39, 0.29) is 69.6 Å². The Morgan fingerprint density at radius 1 is 0.766 bits per heavy atom. The highest BCUT2D eigenvalue weighted by atomic mass is 32.2. The Hall–Kier alpha value is -4.29. The van der Waals surface area contributed by atoms with E-state index in [9.17, 15) is 27.6 Å². The van der Waals surface area contributed by atoms with Crippen LogP contribution in [0.1, 0.15) is 25.0 Å². The average molecular weight is 677 g/mol. The molecule has 1 aliphatic heterocycles. The predicted octanol–water partition coefficient (Wildman–Crippen LogP) is -1.42. The van der Waals surface area contributed by atoms with Gasteiger partial charge in [0.1, 0.15) is 13.1 Å². The maximum Gasteiger partial charge on any atom is 0.243 e. The van der Waals surface area contributed by atoms with Crippen molar-refractivity contribution in [1.29, 1.82) is 0 Å². The summed E-state index contributed by atoms with van der Waals surface area (Å²) < 4.78 is 33.9. The quantitative estimate of drug-likeness (QED) is 0.134. The van der Waals surface area contributed by atoms with E-state index in [1.165, 1.54) is 17.0 Å². The number of ether oxygens (including phenoxy) is 2. The first-order valence-corrected chi connectivity index (χ1v) is 16.7. The molecule has 1 aliphatic rings. The van der Waals surface area contributed by atoms with Crippen molar-refractivity contribution in [3.05, 3.63) is 53.6 Å². The summed E-state index contributed by atoms with van der Waals surface area (Å²) >= 11 is 0. The van der Waals surface area contributed by atoms with Crippen molar-refractivity contribution in [3.63, 3.8) is 0 Å². The summed E-state index contributed by atoms with van der Waals surface area (Å²) in [6, 6.07) is 11.3. The summed E-state index contributed by atoms with van der Waals surface area (Å²) in [4.78, 5) is 57.7. The smallest absolute Gasteiger partial charge is 0.243 e. The van der Waals surface area contributed by atoms with Crippen molar-refractivity contribution in [2.45, 2.75) is 31.7 Å². The molecule has 0 aliphatic carbocycles. The molecule has 0 saturated heterocycles. The highest BCUT2D eigenvalue weighted by Gasteiger charge is 2.26. The molecule has 0 fully saturated rings. The second-order valence-corrected chi connectivity index (χ2v) is 12.2. The Balaban J connectivity index is 1.61. The molecule has 0 bridgehead atoms. The van der Waals surface area contributed by atoms with Crippen LogP contribution in [-0.2, 0) is 42.2 Å². The van der Waals surface area contributed by atoms with Gasteiger partial charge in [0, 0.05) is 19.6 Å². The van der Waals surface area contributed by atoms with Gasteiger partial charge in [0.2, 0.25) is 40.4 Å². The van der Waals surface area contributed by atoms with Gasteiger partial charge in [0.05, 0.1) is 31.3 Å². The number of nitrogens with one attached hydrogen (secondary N) is 1. The Morgan fingerprint density at radius 2 is 1.32 bits per heavy atom. The van der Waals surface area contributed by atoms with Gasteiger partial charge in [-0.3, -0.25) is 19.2 Å². The van der Waals surface area contributed by atoms with Gasteiger partial charge in [-0.25, -0.2) is 13.6 Å². The molecular formula is C30H44N8O8S. The van der Waals surface area contributed by atoms with Gasteiger partial charge in [-0.2, -0.15) is 0 Å². The highest BCUT2D eigenvalue weighted by Crippen LogP contribution is 2.32. The van der Waals surface area contributed by atoms with Crippen LogP contribution in [0, 0.1) is 0 Å². The standard InChI is InChI=1S/C30H44N8O8S/c1-3-34-14-27(39)36(12-11-22-5-8-24(9-6-22)47(33,43)44)16-29(41)38(20-32)18-30(42)37(19-31)17-28(40)35(4-2)15-23-7-10-25-26(13-23)46-21-45-25/h5-10,13,34H,3-4,11-12,14-21,31-32H2,1-2H3,(H2,33,43,44). The van der Waals surface area contributed by atoms with Crippen molar-refractivity contribution in [1.82, 2.24) is 24.9 Å². The maximum absolute atomic E-state index is 13.3. The van der Waals surface area contributed by atoms with Gasteiger partial charge in [-0.15, -0.1) is 0 Å². The number of carbonyl (C=O) groups is 4. The normalized spacial score (nSPS) is 12.0. The number of carbonyl (C=O) groups excluding carboxylic acids is 4. The van der Waals surface area contributed by atoms with Crippen LogP contribution in [0.15, 0.2) is 47.4 Å². The van der Waals surface area contributed by atoms with E-state index in [1.807, 2.05) is 19.9 Å². The van der Waals surface area contributed by atoms with Gasteiger partial charge < -0.3 is 45.9 Å². The molecule has 0 radical (unpaired) electrons. The number of hydrogen-bond donors (Lipinski definition) is 4. The summed E-state index contributed by atoms with van der Waals surface area (Å²) in [6.45, 7) is 3.40. The molecule has 1 heterocycles. The Bertz CT molecular complexity index is 1510. The van der Waals surface area contributed by atoms with E-state index >= 15 is 0 Å². The molecule has 258 valence electrons. The molecule has 0 spiro atoms. The molecule has 0 aromatic heterocycles. The monoisotopic (exact) mass is 676 g/mol. The third-order valence-corrected chi connectivity index (χ3v) is 8.40. The minimum absolute atomic E-state index is 0.0149. The van der Waals surface area contributed by atoms with Crippen LogP contribution in [0.4, 0.5) is 0 Å². The molecule has 0 saturated carbocycles. The number of amides is 4. The summed E-state index contributed by atoms with van der Waals surface area (Å²) in [6.07, 6.45) is 0.320. The predicted molar refractivity (Wildman–Crippen MR) is 172 cm³/mol. The van der Waals surface area contributed by atoms with E-state index in [0.717, 1.165) is 20.9 Å². The van der Waals surface area contributed by atoms with Crippen molar-refractivity contribution in [2.24, 2.45) is 16.6 Å². The summed E-state index contributed by atoms with van der Waals surface area (Å²) in [5, 5.41) is 8.10. The Labute approximate surface area is 274 Å². The van der Waals surface area contributed by atoms with E-state index < -0.39 is 28.4 Å². The van der Waals surface area contributed by atoms with E-state index in [2.05, 4.69) is 5.32 Å². The number of benzene rings is 2. The lowest BCUT2D eigenvalue weighted by Crippen LogP contribution is -2.52. The van der Waals surface area contributed by atoms with Crippen LogP contribution in [0.5, 0.6) is 11.5 Å². The van der Waals surface area contributed by atoms with Gasteiger partial charge in [0.25, 0.3) is 0 Å². The Morgan fingerprint density at radius 3 is 1.87 bits per heavy atom. The maximum atomic E-state index is 13.3. The second-order valence-electron chi connectivity index (χ2n) is 10.7. The number of rotatable bonds is 18. The zero-order valence-electron chi connectivity index (χ0n) is 26.7. The van der Waals surface area contributed by atoms with E-state index in [4.69, 9.17) is 26.1 Å². The number of fused-ring (bicyclic) bond motifs is 1. The number of hydrogen-bond acceptors (Lipinski definition) is 11. The molecule has 2 aromatic carbocycles.